The number of hydrogen-bond donors (Lipinski definition) is 0. The maximum Gasteiger partial charge on any atom is 0.233 e. The minimum atomic E-state index is 0.218. The van der Waals surface area contributed by atoms with Gasteiger partial charge in [0.05, 0.1) is 6.42 Å². The van der Waals surface area contributed by atoms with Gasteiger partial charge in [0, 0.05) is 12.5 Å². The zero-order chi connectivity index (χ0) is 9.97. The molecule has 0 amide bonds. The zero-order valence-electron chi connectivity index (χ0n) is 8.14. The van der Waals surface area contributed by atoms with Crippen molar-refractivity contribution in [1.82, 2.24) is 15.0 Å². The monoisotopic (exact) mass is 195 g/mol. The van der Waals surface area contributed by atoms with E-state index in [9.17, 15) is 4.79 Å². The van der Waals surface area contributed by atoms with Crippen LogP contribution in [0.15, 0.2) is 4.52 Å². The summed E-state index contributed by atoms with van der Waals surface area (Å²) in [5, 5.41) is 3.88. The molecule has 1 atom stereocenters. The van der Waals surface area contributed by atoms with E-state index in [2.05, 4.69) is 22.1 Å². The van der Waals surface area contributed by atoms with Crippen LogP contribution in [0.3, 0.4) is 0 Å². The van der Waals surface area contributed by atoms with Gasteiger partial charge in [0.25, 0.3) is 0 Å². The molecule has 1 aliphatic heterocycles. The number of carbonyl (C=O) groups is 1. The third-order valence-electron chi connectivity index (χ3n) is 2.50. The van der Waals surface area contributed by atoms with E-state index in [0.29, 0.717) is 11.8 Å². The normalized spacial score (nSPS) is 22.8. The lowest BCUT2D eigenvalue weighted by molar-refractivity contribution is -0.107. The van der Waals surface area contributed by atoms with Crippen molar-refractivity contribution in [2.75, 3.05) is 20.1 Å². The summed E-state index contributed by atoms with van der Waals surface area (Å²) in [6.45, 7) is 2.04. The van der Waals surface area contributed by atoms with Crippen LogP contribution in [0.2, 0.25) is 0 Å². The molecular weight excluding hydrogens is 182 g/mol. The molecule has 1 aliphatic rings. The summed E-state index contributed by atoms with van der Waals surface area (Å²) in [6, 6.07) is 0. The average molecular weight is 195 g/mol. The largest absolute Gasteiger partial charge is 0.339 e. The predicted octanol–water partition coefficient (Wildman–Crippen LogP) is 0.230. The summed E-state index contributed by atoms with van der Waals surface area (Å²) in [5.41, 5.74) is 0. The van der Waals surface area contributed by atoms with Crippen molar-refractivity contribution in [3.63, 3.8) is 0 Å². The molecule has 76 valence electrons. The summed E-state index contributed by atoms with van der Waals surface area (Å²) in [4.78, 5) is 16.6. The lowest BCUT2D eigenvalue weighted by Crippen LogP contribution is -2.13. The van der Waals surface area contributed by atoms with Gasteiger partial charge in [-0.2, -0.15) is 4.98 Å². The van der Waals surface area contributed by atoms with Gasteiger partial charge >= 0.3 is 0 Å². The molecule has 5 nitrogen and oxygen atoms in total. The van der Waals surface area contributed by atoms with Gasteiger partial charge < -0.3 is 14.2 Å². The lowest BCUT2D eigenvalue weighted by atomic mass is 10.1. The third-order valence-corrected chi connectivity index (χ3v) is 2.50. The molecule has 2 rings (SSSR count). The first kappa shape index (κ1) is 9.33. The summed E-state index contributed by atoms with van der Waals surface area (Å²) in [7, 11) is 2.08. The summed E-state index contributed by atoms with van der Waals surface area (Å²) in [6.07, 6.45) is 2.06. The predicted molar refractivity (Wildman–Crippen MR) is 48.9 cm³/mol. The first-order valence-corrected chi connectivity index (χ1v) is 4.74. The Labute approximate surface area is 82.1 Å². The summed E-state index contributed by atoms with van der Waals surface area (Å²) >= 11 is 0. The van der Waals surface area contributed by atoms with Gasteiger partial charge in [-0.3, -0.25) is 0 Å². The molecule has 0 aromatic carbocycles. The first-order chi connectivity index (χ1) is 6.79. The van der Waals surface area contributed by atoms with Gasteiger partial charge in [0.15, 0.2) is 5.82 Å². The topological polar surface area (TPSA) is 59.2 Å². The Balaban J connectivity index is 2.05. The molecule has 5 heteroatoms. The van der Waals surface area contributed by atoms with Crippen molar-refractivity contribution in [1.29, 1.82) is 0 Å². The Hall–Kier alpha value is -1.23. The van der Waals surface area contributed by atoms with Crippen LogP contribution in [-0.4, -0.2) is 41.5 Å². The molecular formula is C9H13N3O2. The Morgan fingerprint density at radius 1 is 1.71 bits per heavy atom. The van der Waals surface area contributed by atoms with E-state index in [-0.39, 0.29) is 6.42 Å². The second kappa shape index (κ2) is 3.88. The van der Waals surface area contributed by atoms with Crippen LogP contribution in [0, 0.1) is 0 Å². The molecule has 0 N–H and O–H groups in total. The highest BCUT2D eigenvalue weighted by atomic mass is 16.5. The van der Waals surface area contributed by atoms with Crippen LogP contribution in [0.5, 0.6) is 0 Å². The van der Waals surface area contributed by atoms with Crippen molar-refractivity contribution >= 4 is 6.29 Å². The molecule has 1 unspecified atom stereocenters. The Bertz CT molecular complexity index is 324. The van der Waals surface area contributed by atoms with Crippen molar-refractivity contribution in [3.8, 4) is 0 Å². The van der Waals surface area contributed by atoms with Crippen LogP contribution >= 0.6 is 0 Å². The van der Waals surface area contributed by atoms with Crippen LogP contribution < -0.4 is 0 Å². The lowest BCUT2D eigenvalue weighted by Gasteiger charge is -2.05. The number of nitrogens with zero attached hydrogens (tertiary/aromatic N) is 3. The second-order valence-electron chi connectivity index (χ2n) is 3.66. The van der Waals surface area contributed by atoms with E-state index in [4.69, 9.17) is 4.52 Å². The molecule has 14 heavy (non-hydrogen) atoms. The van der Waals surface area contributed by atoms with Gasteiger partial charge in [-0.15, -0.1) is 0 Å². The SMILES string of the molecule is CN1CCC(c2noc(CC=O)n2)C1. The Morgan fingerprint density at radius 3 is 3.21 bits per heavy atom. The number of carbonyl (C=O) groups excluding carboxylic acids is 1. The van der Waals surface area contributed by atoms with Gasteiger partial charge in [-0.05, 0) is 20.0 Å². The summed E-state index contributed by atoms with van der Waals surface area (Å²) in [5.74, 6) is 1.53. The number of aromatic nitrogens is 2. The van der Waals surface area contributed by atoms with Crippen LogP contribution in [0.4, 0.5) is 0 Å². The molecule has 1 fully saturated rings. The van der Waals surface area contributed by atoms with Crippen molar-refractivity contribution in [3.05, 3.63) is 11.7 Å². The highest BCUT2D eigenvalue weighted by molar-refractivity contribution is 5.52. The highest BCUT2D eigenvalue weighted by Gasteiger charge is 2.25. The minimum absolute atomic E-state index is 0.218. The molecule has 0 bridgehead atoms. The van der Waals surface area contributed by atoms with Crippen molar-refractivity contribution in [2.45, 2.75) is 18.8 Å². The third kappa shape index (κ3) is 1.82. The fourth-order valence-corrected chi connectivity index (χ4v) is 1.73. The number of rotatable bonds is 3. The van der Waals surface area contributed by atoms with Crippen molar-refractivity contribution in [2.24, 2.45) is 0 Å². The quantitative estimate of drug-likeness (QED) is 0.646. The molecule has 1 aromatic rings. The molecule has 0 saturated carbocycles. The van der Waals surface area contributed by atoms with Crippen LogP contribution in [0.1, 0.15) is 24.1 Å². The fraction of sp³-hybridized carbons (Fsp3) is 0.667. The minimum Gasteiger partial charge on any atom is -0.339 e. The van der Waals surface area contributed by atoms with E-state index >= 15 is 0 Å². The molecule has 1 aromatic heterocycles. The van der Waals surface area contributed by atoms with Crippen LogP contribution in [-0.2, 0) is 11.2 Å². The number of hydrogen-bond acceptors (Lipinski definition) is 5. The second-order valence-corrected chi connectivity index (χ2v) is 3.66. The Morgan fingerprint density at radius 2 is 2.57 bits per heavy atom. The van der Waals surface area contributed by atoms with E-state index in [1.807, 2.05) is 0 Å². The molecule has 2 heterocycles. The van der Waals surface area contributed by atoms with Gasteiger partial charge in [0.1, 0.15) is 6.29 Å². The number of likely N-dealkylation sites (tertiary alicyclic amines) is 1. The van der Waals surface area contributed by atoms with Gasteiger partial charge in [-0.1, -0.05) is 5.16 Å². The number of likely N-dealkylation sites (N-methyl/N-ethyl adjacent to an activating group) is 1. The van der Waals surface area contributed by atoms with E-state index in [1.54, 1.807) is 0 Å². The maximum atomic E-state index is 10.2. The Kier molecular flexibility index (Phi) is 2.58. The average Bonchev–Trinajstić information content (AvgIpc) is 2.74. The van der Waals surface area contributed by atoms with Gasteiger partial charge in [0.2, 0.25) is 5.89 Å². The standard InChI is InChI=1S/C9H13N3O2/c1-12-4-2-7(6-12)9-10-8(3-5-13)14-11-9/h5,7H,2-4,6H2,1H3. The highest BCUT2D eigenvalue weighted by Crippen LogP contribution is 2.23. The maximum absolute atomic E-state index is 10.2. The first-order valence-electron chi connectivity index (χ1n) is 4.74. The van der Waals surface area contributed by atoms with E-state index in [1.165, 1.54) is 0 Å². The zero-order valence-corrected chi connectivity index (χ0v) is 8.14. The molecule has 0 radical (unpaired) electrons. The van der Waals surface area contributed by atoms with Gasteiger partial charge in [-0.25, -0.2) is 0 Å². The fourth-order valence-electron chi connectivity index (χ4n) is 1.73. The smallest absolute Gasteiger partial charge is 0.233 e. The molecule has 1 saturated heterocycles. The van der Waals surface area contributed by atoms with Crippen LogP contribution in [0.25, 0.3) is 0 Å². The number of aldehydes is 1. The van der Waals surface area contributed by atoms with E-state index in [0.717, 1.165) is 31.6 Å². The molecule has 0 aliphatic carbocycles. The van der Waals surface area contributed by atoms with Crippen molar-refractivity contribution < 1.29 is 9.32 Å². The summed E-state index contributed by atoms with van der Waals surface area (Å²) < 4.78 is 4.94. The van der Waals surface area contributed by atoms with E-state index < -0.39 is 0 Å². The molecule has 0 spiro atoms.